The van der Waals surface area contributed by atoms with Gasteiger partial charge in [-0.15, -0.1) is 0 Å². The van der Waals surface area contributed by atoms with Gasteiger partial charge in [-0.3, -0.25) is 4.98 Å². The van der Waals surface area contributed by atoms with Crippen LogP contribution in [-0.2, 0) is 10.0 Å². The number of aromatic nitrogens is 1. The minimum Gasteiger partial charge on any atom is -0.368 e. The SMILES string of the molecule is CNS(=O)(=O)c1cnccc1N1CCN(c2cc(Cl)ccc2C)CC1. The minimum atomic E-state index is -3.54. The Morgan fingerprint density at radius 3 is 2.36 bits per heavy atom. The Bertz CT molecular complexity index is 865. The molecule has 0 unspecified atom stereocenters. The summed E-state index contributed by atoms with van der Waals surface area (Å²) in [6.07, 6.45) is 3.02. The summed E-state index contributed by atoms with van der Waals surface area (Å²) in [4.78, 5) is 8.55. The van der Waals surface area contributed by atoms with Crippen molar-refractivity contribution in [3.63, 3.8) is 0 Å². The highest BCUT2D eigenvalue weighted by Gasteiger charge is 2.24. The summed E-state index contributed by atoms with van der Waals surface area (Å²) in [6.45, 7) is 5.11. The molecule has 1 aliphatic heterocycles. The fraction of sp³-hybridized carbons (Fsp3) is 0.353. The van der Waals surface area contributed by atoms with Gasteiger partial charge in [-0.1, -0.05) is 17.7 Å². The second-order valence-corrected chi connectivity index (χ2v) is 8.25. The molecule has 134 valence electrons. The highest BCUT2D eigenvalue weighted by molar-refractivity contribution is 7.89. The molecule has 0 amide bonds. The quantitative estimate of drug-likeness (QED) is 0.881. The van der Waals surface area contributed by atoms with Crippen molar-refractivity contribution < 1.29 is 8.42 Å². The average molecular weight is 381 g/mol. The van der Waals surface area contributed by atoms with Crippen LogP contribution in [0.1, 0.15) is 5.56 Å². The highest BCUT2D eigenvalue weighted by atomic mass is 35.5. The molecule has 0 bridgehead atoms. The van der Waals surface area contributed by atoms with E-state index in [9.17, 15) is 8.42 Å². The van der Waals surface area contributed by atoms with E-state index in [4.69, 9.17) is 11.6 Å². The first-order chi connectivity index (χ1) is 11.9. The third-order valence-electron chi connectivity index (χ3n) is 4.45. The number of piperazine rings is 1. The van der Waals surface area contributed by atoms with E-state index < -0.39 is 10.0 Å². The summed E-state index contributed by atoms with van der Waals surface area (Å²) in [7, 11) is -2.13. The molecule has 1 saturated heterocycles. The largest absolute Gasteiger partial charge is 0.368 e. The Morgan fingerprint density at radius 1 is 1.08 bits per heavy atom. The van der Waals surface area contributed by atoms with Crippen LogP contribution >= 0.6 is 11.6 Å². The van der Waals surface area contributed by atoms with Gasteiger partial charge in [0.25, 0.3) is 0 Å². The topological polar surface area (TPSA) is 65.5 Å². The van der Waals surface area contributed by atoms with Gasteiger partial charge in [0.1, 0.15) is 4.90 Å². The molecule has 25 heavy (non-hydrogen) atoms. The smallest absolute Gasteiger partial charge is 0.243 e. The van der Waals surface area contributed by atoms with E-state index in [2.05, 4.69) is 26.4 Å². The van der Waals surface area contributed by atoms with E-state index in [0.717, 1.165) is 36.9 Å². The fourth-order valence-corrected chi connectivity index (χ4v) is 4.12. The van der Waals surface area contributed by atoms with Gasteiger partial charge >= 0.3 is 0 Å². The van der Waals surface area contributed by atoms with Crippen LogP contribution in [0, 0.1) is 6.92 Å². The number of halogens is 1. The van der Waals surface area contributed by atoms with E-state index in [1.165, 1.54) is 18.8 Å². The van der Waals surface area contributed by atoms with Crippen molar-refractivity contribution >= 4 is 33.0 Å². The normalized spacial score (nSPS) is 15.5. The average Bonchev–Trinajstić information content (AvgIpc) is 2.64. The number of rotatable bonds is 4. The summed E-state index contributed by atoms with van der Waals surface area (Å²) in [6, 6.07) is 7.65. The minimum absolute atomic E-state index is 0.213. The Labute approximate surface area is 153 Å². The van der Waals surface area contributed by atoms with Crippen LogP contribution in [0.15, 0.2) is 41.6 Å². The molecule has 2 heterocycles. The summed E-state index contributed by atoms with van der Waals surface area (Å²) in [5.41, 5.74) is 3.00. The Kier molecular flexibility index (Phi) is 5.17. The monoisotopic (exact) mass is 380 g/mol. The van der Waals surface area contributed by atoms with Crippen LogP contribution in [0.4, 0.5) is 11.4 Å². The number of benzene rings is 1. The molecule has 6 nitrogen and oxygen atoms in total. The zero-order chi connectivity index (χ0) is 18.0. The molecule has 3 rings (SSSR count). The third kappa shape index (κ3) is 3.73. The van der Waals surface area contributed by atoms with E-state index >= 15 is 0 Å². The highest BCUT2D eigenvalue weighted by Crippen LogP contribution is 2.28. The van der Waals surface area contributed by atoms with E-state index in [-0.39, 0.29) is 4.90 Å². The molecular formula is C17H21ClN4O2S. The molecule has 0 radical (unpaired) electrons. The first-order valence-corrected chi connectivity index (χ1v) is 9.92. The van der Waals surface area contributed by atoms with Gasteiger partial charge in [-0.25, -0.2) is 13.1 Å². The third-order valence-corrected chi connectivity index (χ3v) is 6.12. The van der Waals surface area contributed by atoms with Gasteiger partial charge in [-0.2, -0.15) is 0 Å². The molecule has 2 aromatic rings. The van der Waals surface area contributed by atoms with Crippen LogP contribution in [0.3, 0.4) is 0 Å². The predicted octanol–water partition coefficient (Wildman–Crippen LogP) is 2.28. The number of hydrogen-bond donors (Lipinski definition) is 1. The van der Waals surface area contributed by atoms with Crippen molar-refractivity contribution in [2.45, 2.75) is 11.8 Å². The lowest BCUT2D eigenvalue weighted by atomic mass is 10.1. The lowest BCUT2D eigenvalue weighted by molar-refractivity contribution is 0.586. The number of anilines is 2. The molecule has 1 N–H and O–H groups in total. The fourth-order valence-electron chi connectivity index (χ4n) is 3.06. The zero-order valence-corrected chi connectivity index (χ0v) is 15.8. The van der Waals surface area contributed by atoms with Crippen molar-refractivity contribution in [3.05, 3.63) is 47.2 Å². The van der Waals surface area contributed by atoms with Gasteiger partial charge < -0.3 is 9.80 Å². The number of pyridine rings is 1. The van der Waals surface area contributed by atoms with Crippen molar-refractivity contribution in [3.8, 4) is 0 Å². The van der Waals surface area contributed by atoms with E-state index in [0.29, 0.717) is 5.69 Å². The van der Waals surface area contributed by atoms with E-state index in [1.807, 2.05) is 18.2 Å². The zero-order valence-electron chi connectivity index (χ0n) is 14.2. The number of sulfonamides is 1. The summed E-state index contributed by atoms with van der Waals surface area (Å²) in [5.74, 6) is 0. The molecule has 0 spiro atoms. The van der Waals surface area contributed by atoms with Crippen molar-refractivity contribution in [1.29, 1.82) is 0 Å². The van der Waals surface area contributed by atoms with E-state index in [1.54, 1.807) is 12.3 Å². The molecule has 1 aromatic heterocycles. The van der Waals surface area contributed by atoms with Gasteiger partial charge in [0.05, 0.1) is 5.69 Å². The Morgan fingerprint density at radius 2 is 1.72 bits per heavy atom. The standard InChI is InChI=1S/C17H21ClN4O2S/c1-13-3-4-14(18)11-16(13)22-9-7-21(8-10-22)15-5-6-20-12-17(15)25(23,24)19-2/h3-6,11-12,19H,7-10H2,1-2H3. The summed E-state index contributed by atoms with van der Waals surface area (Å²) >= 11 is 6.13. The first kappa shape index (κ1) is 18.0. The van der Waals surface area contributed by atoms with Crippen LogP contribution < -0.4 is 14.5 Å². The molecule has 1 fully saturated rings. The van der Waals surface area contributed by atoms with Gasteiger partial charge in [-0.05, 0) is 37.7 Å². The number of nitrogens with zero attached hydrogens (tertiary/aromatic N) is 3. The molecule has 0 atom stereocenters. The maximum absolute atomic E-state index is 12.2. The van der Waals surface area contributed by atoms with Gasteiger partial charge in [0.15, 0.2) is 0 Å². The van der Waals surface area contributed by atoms with Crippen molar-refractivity contribution in [2.24, 2.45) is 0 Å². The van der Waals surface area contributed by atoms with Crippen molar-refractivity contribution in [1.82, 2.24) is 9.71 Å². The van der Waals surface area contributed by atoms with Crippen LogP contribution in [-0.4, -0.2) is 46.6 Å². The molecule has 0 saturated carbocycles. The summed E-state index contributed by atoms with van der Waals surface area (Å²) < 4.78 is 26.8. The predicted molar refractivity (Wildman–Crippen MR) is 101 cm³/mol. The van der Waals surface area contributed by atoms with Crippen molar-refractivity contribution in [2.75, 3.05) is 43.0 Å². The van der Waals surface area contributed by atoms with Gasteiger partial charge in [0.2, 0.25) is 10.0 Å². The molecule has 8 heteroatoms. The molecule has 1 aliphatic rings. The van der Waals surface area contributed by atoms with Crippen LogP contribution in [0.25, 0.3) is 0 Å². The van der Waals surface area contributed by atoms with Crippen LogP contribution in [0.5, 0.6) is 0 Å². The molecule has 1 aromatic carbocycles. The number of hydrogen-bond acceptors (Lipinski definition) is 5. The maximum atomic E-state index is 12.2. The maximum Gasteiger partial charge on any atom is 0.243 e. The second kappa shape index (κ2) is 7.19. The number of nitrogens with one attached hydrogen (secondary N) is 1. The second-order valence-electron chi connectivity index (χ2n) is 5.96. The molecule has 0 aliphatic carbocycles. The Balaban J connectivity index is 1.81. The van der Waals surface area contributed by atoms with Gasteiger partial charge in [0, 0.05) is 49.3 Å². The number of aryl methyl sites for hydroxylation is 1. The lowest BCUT2D eigenvalue weighted by Gasteiger charge is -2.38. The Hall–Kier alpha value is -1.83. The first-order valence-electron chi connectivity index (χ1n) is 8.06. The lowest BCUT2D eigenvalue weighted by Crippen LogP contribution is -2.47. The van der Waals surface area contributed by atoms with Crippen LogP contribution in [0.2, 0.25) is 5.02 Å². The summed E-state index contributed by atoms with van der Waals surface area (Å²) in [5, 5.41) is 0.722. The molecular weight excluding hydrogens is 360 g/mol.